The standard InChI is InChI=1S/C18H21BrFN/c1-3-21-18(13(2)15-7-5-4-6-8-15)12-14-9-10-17(20)16(19)11-14/h4-11,13,18,21H,3,12H2,1-2H3. The minimum atomic E-state index is -0.213. The van der Waals surface area contributed by atoms with Crippen LogP contribution in [-0.2, 0) is 6.42 Å². The van der Waals surface area contributed by atoms with Crippen molar-refractivity contribution >= 4 is 15.9 Å². The zero-order chi connectivity index (χ0) is 15.2. The minimum Gasteiger partial charge on any atom is -0.313 e. The number of hydrogen-bond donors (Lipinski definition) is 1. The fourth-order valence-electron chi connectivity index (χ4n) is 2.60. The highest BCUT2D eigenvalue weighted by Crippen LogP contribution is 2.24. The highest BCUT2D eigenvalue weighted by Gasteiger charge is 2.18. The summed E-state index contributed by atoms with van der Waals surface area (Å²) in [5.74, 6) is 0.185. The molecule has 112 valence electrons. The van der Waals surface area contributed by atoms with Crippen molar-refractivity contribution in [3.8, 4) is 0 Å². The van der Waals surface area contributed by atoms with E-state index in [1.807, 2.05) is 18.2 Å². The van der Waals surface area contributed by atoms with Gasteiger partial charge in [0, 0.05) is 6.04 Å². The Morgan fingerprint density at radius 2 is 1.86 bits per heavy atom. The minimum absolute atomic E-state index is 0.213. The highest BCUT2D eigenvalue weighted by atomic mass is 79.9. The van der Waals surface area contributed by atoms with Crippen molar-refractivity contribution in [2.24, 2.45) is 0 Å². The molecule has 0 spiro atoms. The number of halogens is 2. The molecular formula is C18H21BrFN. The smallest absolute Gasteiger partial charge is 0.137 e. The van der Waals surface area contributed by atoms with Crippen molar-refractivity contribution in [3.05, 3.63) is 69.9 Å². The molecule has 0 saturated heterocycles. The summed E-state index contributed by atoms with van der Waals surface area (Å²) in [5, 5.41) is 3.55. The first-order valence-electron chi connectivity index (χ1n) is 7.34. The van der Waals surface area contributed by atoms with Crippen LogP contribution in [0.1, 0.15) is 30.9 Å². The zero-order valence-electron chi connectivity index (χ0n) is 12.4. The average molecular weight is 350 g/mol. The van der Waals surface area contributed by atoms with Crippen LogP contribution in [-0.4, -0.2) is 12.6 Å². The van der Waals surface area contributed by atoms with Gasteiger partial charge in [-0.1, -0.05) is 50.2 Å². The molecule has 0 saturated carbocycles. The largest absolute Gasteiger partial charge is 0.313 e. The molecule has 0 aromatic heterocycles. The second kappa shape index (κ2) is 7.71. The van der Waals surface area contributed by atoms with Gasteiger partial charge in [0.1, 0.15) is 5.82 Å². The Kier molecular flexibility index (Phi) is 5.95. The van der Waals surface area contributed by atoms with Crippen LogP contribution in [0.5, 0.6) is 0 Å². The van der Waals surface area contributed by atoms with Gasteiger partial charge in [0.2, 0.25) is 0 Å². The summed E-state index contributed by atoms with van der Waals surface area (Å²) >= 11 is 3.26. The lowest BCUT2D eigenvalue weighted by Crippen LogP contribution is -2.35. The molecule has 1 nitrogen and oxygen atoms in total. The summed E-state index contributed by atoms with van der Waals surface area (Å²) in [6.45, 7) is 5.27. The molecule has 0 fully saturated rings. The van der Waals surface area contributed by atoms with E-state index >= 15 is 0 Å². The Morgan fingerprint density at radius 1 is 1.14 bits per heavy atom. The van der Waals surface area contributed by atoms with Gasteiger partial charge in [-0.2, -0.15) is 0 Å². The van der Waals surface area contributed by atoms with Gasteiger partial charge in [-0.25, -0.2) is 4.39 Å². The maximum atomic E-state index is 13.3. The van der Waals surface area contributed by atoms with Gasteiger partial charge >= 0.3 is 0 Å². The molecule has 0 amide bonds. The number of nitrogens with one attached hydrogen (secondary N) is 1. The highest BCUT2D eigenvalue weighted by molar-refractivity contribution is 9.10. The van der Waals surface area contributed by atoms with E-state index in [0.29, 0.717) is 16.4 Å². The van der Waals surface area contributed by atoms with E-state index in [1.54, 1.807) is 0 Å². The molecule has 0 radical (unpaired) electrons. The van der Waals surface area contributed by atoms with E-state index in [9.17, 15) is 4.39 Å². The Morgan fingerprint density at radius 3 is 2.48 bits per heavy atom. The normalized spacial score (nSPS) is 13.9. The summed E-state index contributed by atoms with van der Waals surface area (Å²) in [4.78, 5) is 0. The van der Waals surface area contributed by atoms with Gasteiger partial charge in [-0.3, -0.25) is 0 Å². The Hall–Kier alpha value is -1.19. The Labute approximate surface area is 134 Å². The van der Waals surface area contributed by atoms with E-state index in [-0.39, 0.29) is 5.82 Å². The third-order valence-electron chi connectivity index (χ3n) is 3.83. The molecule has 2 rings (SSSR count). The molecule has 2 aromatic rings. The van der Waals surface area contributed by atoms with Gasteiger partial charge in [-0.05, 0) is 58.1 Å². The molecule has 3 heteroatoms. The Balaban J connectivity index is 2.16. The SMILES string of the molecule is CCNC(Cc1ccc(F)c(Br)c1)C(C)c1ccccc1. The first-order chi connectivity index (χ1) is 10.1. The zero-order valence-corrected chi connectivity index (χ0v) is 14.0. The quantitative estimate of drug-likeness (QED) is 0.780. The predicted molar refractivity (Wildman–Crippen MR) is 90.1 cm³/mol. The molecule has 21 heavy (non-hydrogen) atoms. The van der Waals surface area contributed by atoms with E-state index < -0.39 is 0 Å². The van der Waals surface area contributed by atoms with Gasteiger partial charge < -0.3 is 5.32 Å². The van der Waals surface area contributed by atoms with Crippen molar-refractivity contribution in [1.82, 2.24) is 5.32 Å². The molecule has 2 atom stereocenters. The Bertz CT molecular complexity index is 571. The average Bonchev–Trinajstić information content (AvgIpc) is 2.50. The topological polar surface area (TPSA) is 12.0 Å². The second-order valence-corrected chi connectivity index (χ2v) is 6.17. The summed E-state index contributed by atoms with van der Waals surface area (Å²) in [6.07, 6.45) is 0.878. The lowest BCUT2D eigenvalue weighted by Gasteiger charge is -2.25. The van der Waals surface area contributed by atoms with Crippen LogP contribution in [0.4, 0.5) is 4.39 Å². The molecule has 0 aliphatic heterocycles. The van der Waals surface area contributed by atoms with Crippen LogP contribution >= 0.6 is 15.9 Å². The van der Waals surface area contributed by atoms with Crippen LogP contribution in [0.15, 0.2) is 53.0 Å². The molecule has 0 heterocycles. The summed E-state index contributed by atoms with van der Waals surface area (Å²) in [7, 11) is 0. The van der Waals surface area contributed by atoms with E-state index in [0.717, 1.165) is 18.5 Å². The maximum absolute atomic E-state index is 13.3. The van der Waals surface area contributed by atoms with Crippen molar-refractivity contribution in [2.75, 3.05) is 6.54 Å². The van der Waals surface area contributed by atoms with E-state index in [2.05, 4.69) is 59.4 Å². The van der Waals surface area contributed by atoms with Crippen LogP contribution in [0, 0.1) is 5.82 Å². The van der Waals surface area contributed by atoms with Gasteiger partial charge in [0.15, 0.2) is 0 Å². The van der Waals surface area contributed by atoms with E-state index in [4.69, 9.17) is 0 Å². The van der Waals surface area contributed by atoms with Crippen LogP contribution < -0.4 is 5.32 Å². The summed E-state index contributed by atoms with van der Waals surface area (Å²) < 4.78 is 13.9. The first-order valence-corrected chi connectivity index (χ1v) is 8.13. The fraction of sp³-hybridized carbons (Fsp3) is 0.333. The molecule has 0 aliphatic rings. The molecule has 1 N–H and O–H groups in total. The van der Waals surface area contributed by atoms with Crippen molar-refractivity contribution in [1.29, 1.82) is 0 Å². The lowest BCUT2D eigenvalue weighted by atomic mass is 9.89. The van der Waals surface area contributed by atoms with Gasteiger partial charge in [0.25, 0.3) is 0 Å². The van der Waals surface area contributed by atoms with Gasteiger partial charge in [-0.15, -0.1) is 0 Å². The molecule has 2 aromatic carbocycles. The number of benzene rings is 2. The summed E-state index contributed by atoms with van der Waals surface area (Å²) in [6, 6.07) is 16.1. The van der Waals surface area contributed by atoms with Crippen molar-refractivity contribution < 1.29 is 4.39 Å². The van der Waals surface area contributed by atoms with Crippen molar-refractivity contribution in [2.45, 2.75) is 32.2 Å². The van der Waals surface area contributed by atoms with Crippen LogP contribution in [0.25, 0.3) is 0 Å². The summed E-state index contributed by atoms with van der Waals surface area (Å²) in [5.41, 5.74) is 2.46. The second-order valence-electron chi connectivity index (χ2n) is 5.32. The van der Waals surface area contributed by atoms with Crippen molar-refractivity contribution in [3.63, 3.8) is 0 Å². The third-order valence-corrected chi connectivity index (χ3v) is 4.44. The van der Waals surface area contributed by atoms with Crippen LogP contribution in [0.3, 0.4) is 0 Å². The van der Waals surface area contributed by atoms with Gasteiger partial charge in [0.05, 0.1) is 4.47 Å². The molecule has 2 unspecified atom stereocenters. The van der Waals surface area contributed by atoms with Crippen LogP contribution in [0.2, 0.25) is 0 Å². The number of hydrogen-bond acceptors (Lipinski definition) is 1. The van der Waals surface area contributed by atoms with E-state index in [1.165, 1.54) is 11.6 Å². The first kappa shape index (κ1) is 16.2. The third kappa shape index (κ3) is 4.39. The lowest BCUT2D eigenvalue weighted by molar-refractivity contribution is 0.457. The molecular weight excluding hydrogens is 329 g/mol. The number of likely N-dealkylation sites (N-methyl/N-ethyl adjacent to an activating group) is 1. The molecule has 0 bridgehead atoms. The monoisotopic (exact) mass is 349 g/mol. The molecule has 0 aliphatic carbocycles. The number of rotatable bonds is 6. The fourth-order valence-corrected chi connectivity index (χ4v) is 3.02. The predicted octanol–water partition coefficient (Wildman–Crippen LogP) is 4.91. The maximum Gasteiger partial charge on any atom is 0.137 e.